The number of hydrogen-bond donors (Lipinski definition) is 0. The molecule has 0 radical (unpaired) electrons. The Morgan fingerprint density at radius 1 is 1.47 bits per heavy atom. The largest absolute Gasteiger partial charge is 0.458 e. The SMILES string of the molecule is C=CCC1(C)C(=O)O[C@H]1C(=O)OCc1ccccc1. The van der Waals surface area contributed by atoms with Crippen molar-refractivity contribution in [2.75, 3.05) is 0 Å². The maximum atomic E-state index is 11.9. The molecule has 0 aromatic heterocycles. The molecule has 2 atom stereocenters. The molecule has 1 saturated heterocycles. The lowest BCUT2D eigenvalue weighted by atomic mass is 9.76. The van der Waals surface area contributed by atoms with Crippen molar-refractivity contribution >= 4 is 11.9 Å². The minimum absolute atomic E-state index is 0.178. The number of allylic oxidation sites excluding steroid dienone is 1. The summed E-state index contributed by atoms with van der Waals surface area (Å²) in [4.78, 5) is 23.4. The second-order valence-corrected chi connectivity index (χ2v) is 4.79. The van der Waals surface area contributed by atoms with Crippen LogP contribution >= 0.6 is 0 Å². The molecule has 100 valence electrons. The maximum absolute atomic E-state index is 11.9. The van der Waals surface area contributed by atoms with Gasteiger partial charge >= 0.3 is 11.9 Å². The quantitative estimate of drug-likeness (QED) is 0.602. The molecule has 0 spiro atoms. The van der Waals surface area contributed by atoms with E-state index in [1.807, 2.05) is 30.3 Å². The highest BCUT2D eigenvalue weighted by atomic mass is 16.6. The maximum Gasteiger partial charge on any atom is 0.349 e. The molecule has 4 heteroatoms. The average molecular weight is 260 g/mol. The van der Waals surface area contributed by atoms with E-state index >= 15 is 0 Å². The van der Waals surface area contributed by atoms with Crippen molar-refractivity contribution in [2.45, 2.75) is 26.1 Å². The fourth-order valence-corrected chi connectivity index (χ4v) is 2.02. The number of rotatable bonds is 5. The number of benzene rings is 1. The Kier molecular flexibility index (Phi) is 3.69. The van der Waals surface area contributed by atoms with Crippen LogP contribution in [-0.4, -0.2) is 18.0 Å². The summed E-state index contributed by atoms with van der Waals surface area (Å²) >= 11 is 0. The minimum Gasteiger partial charge on any atom is -0.458 e. The molecule has 0 aliphatic carbocycles. The van der Waals surface area contributed by atoms with Crippen LogP contribution in [-0.2, 0) is 25.7 Å². The van der Waals surface area contributed by atoms with Crippen molar-refractivity contribution in [1.29, 1.82) is 0 Å². The highest BCUT2D eigenvalue weighted by Crippen LogP contribution is 2.40. The highest BCUT2D eigenvalue weighted by Gasteiger charge is 2.58. The van der Waals surface area contributed by atoms with Gasteiger partial charge in [-0.15, -0.1) is 6.58 Å². The Bertz CT molecular complexity index is 494. The summed E-state index contributed by atoms with van der Waals surface area (Å²) in [6.07, 6.45) is 1.18. The van der Waals surface area contributed by atoms with Gasteiger partial charge in [-0.3, -0.25) is 4.79 Å². The number of esters is 2. The summed E-state index contributed by atoms with van der Waals surface area (Å²) in [5, 5.41) is 0. The van der Waals surface area contributed by atoms with Crippen LogP contribution < -0.4 is 0 Å². The Morgan fingerprint density at radius 3 is 2.74 bits per heavy atom. The molecule has 0 amide bonds. The molecule has 2 rings (SSSR count). The first-order valence-corrected chi connectivity index (χ1v) is 6.10. The zero-order valence-electron chi connectivity index (χ0n) is 10.8. The predicted octanol–water partition coefficient (Wildman–Crippen LogP) is 2.24. The van der Waals surface area contributed by atoms with E-state index in [1.54, 1.807) is 13.0 Å². The minimum atomic E-state index is -0.838. The number of ether oxygens (including phenoxy) is 2. The molecule has 1 aliphatic heterocycles. The van der Waals surface area contributed by atoms with Gasteiger partial charge in [-0.25, -0.2) is 4.79 Å². The van der Waals surface area contributed by atoms with E-state index in [9.17, 15) is 9.59 Å². The molecule has 4 nitrogen and oxygen atoms in total. The van der Waals surface area contributed by atoms with Gasteiger partial charge in [0, 0.05) is 0 Å². The van der Waals surface area contributed by atoms with Gasteiger partial charge in [0.05, 0.1) is 0 Å². The van der Waals surface area contributed by atoms with Crippen molar-refractivity contribution in [3.8, 4) is 0 Å². The van der Waals surface area contributed by atoms with Crippen molar-refractivity contribution in [3.05, 3.63) is 48.6 Å². The second kappa shape index (κ2) is 5.26. The molecule has 0 bridgehead atoms. The van der Waals surface area contributed by atoms with Gasteiger partial charge in [-0.1, -0.05) is 36.4 Å². The first kappa shape index (κ1) is 13.3. The first-order chi connectivity index (χ1) is 9.08. The van der Waals surface area contributed by atoms with E-state index < -0.39 is 17.5 Å². The summed E-state index contributed by atoms with van der Waals surface area (Å²) in [7, 11) is 0. The van der Waals surface area contributed by atoms with Crippen molar-refractivity contribution < 1.29 is 19.1 Å². The molecule has 1 fully saturated rings. The fourth-order valence-electron chi connectivity index (χ4n) is 2.02. The molecular formula is C15H16O4. The van der Waals surface area contributed by atoms with E-state index in [4.69, 9.17) is 9.47 Å². The van der Waals surface area contributed by atoms with Crippen molar-refractivity contribution in [2.24, 2.45) is 5.41 Å². The van der Waals surface area contributed by atoms with Gasteiger partial charge in [0.15, 0.2) is 0 Å². The van der Waals surface area contributed by atoms with E-state index in [1.165, 1.54) is 0 Å². The Morgan fingerprint density at radius 2 is 2.16 bits per heavy atom. The van der Waals surface area contributed by atoms with Gasteiger partial charge in [0.2, 0.25) is 6.10 Å². The Hall–Kier alpha value is -2.10. The topological polar surface area (TPSA) is 52.6 Å². The number of carbonyl (C=O) groups excluding carboxylic acids is 2. The monoisotopic (exact) mass is 260 g/mol. The lowest BCUT2D eigenvalue weighted by Crippen LogP contribution is -2.58. The van der Waals surface area contributed by atoms with E-state index in [0.717, 1.165) is 5.56 Å². The summed E-state index contributed by atoms with van der Waals surface area (Å²) in [6, 6.07) is 9.36. The third-order valence-electron chi connectivity index (χ3n) is 3.28. The lowest BCUT2D eigenvalue weighted by molar-refractivity contribution is -0.214. The summed E-state index contributed by atoms with van der Waals surface area (Å²) in [5.74, 6) is -0.887. The predicted molar refractivity (Wildman–Crippen MR) is 69.0 cm³/mol. The van der Waals surface area contributed by atoms with Crippen molar-refractivity contribution in [3.63, 3.8) is 0 Å². The first-order valence-electron chi connectivity index (χ1n) is 6.10. The number of carbonyl (C=O) groups is 2. The molecule has 1 heterocycles. The van der Waals surface area contributed by atoms with Crippen LogP contribution in [0.5, 0.6) is 0 Å². The number of hydrogen-bond acceptors (Lipinski definition) is 4. The summed E-state index contributed by atoms with van der Waals surface area (Å²) in [6.45, 7) is 5.46. The third-order valence-corrected chi connectivity index (χ3v) is 3.28. The van der Waals surface area contributed by atoms with Gasteiger partial charge in [-0.2, -0.15) is 0 Å². The number of cyclic esters (lactones) is 1. The fraction of sp³-hybridized carbons (Fsp3) is 0.333. The van der Waals surface area contributed by atoms with E-state index in [2.05, 4.69) is 6.58 Å². The molecule has 19 heavy (non-hydrogen) atoms. The van der Waals surface area contributed by atoms with Gasteiger partial charge in [0.1, 0.15) is 12.0 Å². The smallest absolute Gasteiger partial charge is 0.349 e. The second-order valence-electron chi connectivity index (χ2n) is 4.79. The van der Waals surface area contributed by atoms with Crippen LogP contribution in [0.25, 0.3) is 0 Å². The van der Waals surface area contributed by atoms with Crippen LogP contribution in [0.15, 0.2) is 43.0 Å². The van der Waals surface area contributed by atoms with Gasteiger partial charge in [-0.05, 0) is 18.9 Å². The molecule has 0 N–H and O–H groups in total. The van der Waals surface area contributed by atoms with Gasteiger partial charge < -0.3 is 9.47 Å². The van der Waals surface area contributed by atoms with Crippen LogP contribution in [0, 0.1) is 5.41 Å². The standard InChI is InChI=1S/C15H16O4/c1-3-9-15(2)12(19-14(15)17)13(16)18-10-11-7-5-4-6-8-11/h3-8,12H,1,9-10H2,2H3/t12-,15?/m0/s1. The molecular weight excluding hydrogens is 244 g/mol. The van der Waals surface area contributed by atoms with Crippen LogP contribution in [0.4, 0.5) is 0 Å². The zero-order chi connectivity index (χ0) is 13.9. The Balaban J connectivity index is 1.94. The molecule has 0 saturated carbocycles. The average Bonchev–Trinajstić information content (AvgIpc) is 2.43. The van der Waals surface area contributed by atoms with Gasteiger partial charge in [0.25, 0.3) is 0 Å². The third kappa shape index (κ3) is 2.52. The molecule has 1 unspecified atom stereocenters. The molecule has 1 aromatic carbocycles. The summed E-state index contributed by atoms with van der Waals surface area (Å²) < 4.78 is 10.1. The van der Waals surface area contributed by atoms with E-state index in [-0.39, 0.29) is 12.6 Å². The van der Waals surface area contributed by atoms with Crippen LogP contribution in [0.3, 0.4) is 0 Å². The zero-order valence-corrected chi connectivity index (χ0v) is 10.8. The van der Waals surface area contributed by atoms with Crippen molar-refractivity contribution in [1.82, 2.24) is 0 Å². The molecule has 1 aromatic rings. The molecule has 1 aliphatic rings. The lowest BCUT2D eigenvalue weighted by Gasteiger charge is -2.41. The summed E-state index contributed by atoms with van der Waals surface area (Å²) in [5.41, 5.74) is 0.0575. The Labute approximate surface area is 112 Å². The van der Waals surface area contributed by atoms with Crippen LogP contribution in [0.1, 0.15) is 18.9 Å². The highest BCUT2D eigenvalue weighted by molar-refractivity contribution is 5.94. The normalized spacial score (nSPS) is 25.1. The van der Waals surface area contributed by atoms with E-state index in [0.29, 0.717) is 6.42 Å². The van der Waals surface area contributed by atoms with Crippen LogP contribution in [0.2, 0.25) is 0 Å².